The average molecular weight is 273 g/mol. The van der Waals surface area contributed by atoms with E-state index in [1.54, 1.807) is 13.1 Å². The van der Waals surface area contributed by atoms with E-state index >= 15 is 0 Å². The Balaban J connectivity index is 2.07. The molecule has 1 aliphatic heterocycles. The second kappa shape index (κ2) is 6.23. The van der Waals surface area contributed by atoms with Crippen molar-refractivity contribution in [2.24, 2.45) is 0 Å². The van der Waals surface area contributed by atoms with Crippen LogP contribution in [0.5, 0.6) is 5.75 Å². The fourth-order valence-electron chi connectivity index (χ4n) is 1.84. The van der Waals surface area contributed by atoms with Crippen molar-refractivity contribution >= 4 is 17.9 Å². The summed E-state index contributed by atoms with van der Waals surface area (Å²) in [7, 11) is 1.69. The Kier molecular flexibility index (Phi) is 4.40. The number of ether oxygens (including phenoxy) is 1. The molecule has 5 heteroatoms. The SMILES string of the molecule is CCCCOc1ccc(/C=C2/C(=O)NC(=N)N2C)cc1. The summed E-state index contributed by atoms with van der Waals surface area (Å²) in [6.45, 7) is 2.85. The first-order chi connectivity index (χ1) is 9.61. The molecule has 0 unspecified atom stereocenters. The lowest BCUT2D eigenvalue weighted by Gasteiger charge is -2.09. The van der Waals surface area contributed by atoms with Crippen molar-refractivity contribution < 1.29 is 9.53 Å². The fourth-order valence-corrected chi connectivity index (χ4v) is 1.84. The predicted molar refractivity (Wildman–Crippen MR) is 78.5 cm³/mol. The van der Waals surface area contributed by atoms with Crippen LogP contribution in [0.1, 0.15) is 25.3 Å². The number of rotatable bonds is 5. The van der Waals surface area contributed by atoms with Crippen LogP contribution in [-0.4, -0.2) is 30.4 Å². The molecule has 1 heterocycles. The number of likely N-dealkylation sites (N-methyl/N-ethyl adjacent to an activating group) is 1. The van der Waals surface area contributed by atoms with Crippen molar-refractivity contribution in [1.29, 1.82) is 5.41 Å². The van der Waals surface area contributed by atoms with Crippen molar-refractivity contribution in [2.45, 2.75) is 19.8 Å². The average Bonchev–Trinajstić information content (AvgIpc) is 2.67. The molecule has 1 aliphatic rings. The van der Waals surface area contributed by atoms with E-state index in [0.29, 0.717) is 5.70 Å². The summed E-state index contributed by atoms with van der Waals surface area (Å²) in [5.41, 5.74) is 1.37. The molecule has 1 aromatic rings. The normalized spacial score (nSPS) is 16.7. The zero-order chi connectivity index (χ0) is 14.5. The van der Waals surface area contributed by atoms with Gasteiger partial charge in [0.15, 0.2) is 0 Å². The molecule has 20 heavy (non-hydrogen) atoms. The van der Waals surface area contributed by atoms with Crippen molar-refractivity contribution in [3.05, 3.63) is 35.5 Å². The van der Waals surface area contributed by atoms with Crippen molar-refractivity contribution in [1.82, 2.24) is 10.2 Å². The van der Waals surface area contributed by atoms with Gasteiger partial charge in [-0.1, -0.05) is 25.5 Å². The van der Waals surface area contributed by atoms with Crippen molar-refractivity contribution in [3.8, 4) is 5.75 Å². The number of carbonyl (C=O) groups is 1. The van der Waals surface area contributed by atoms with Crippen LogP contribution in [0.4, 0.5) is 0 Å². The van der Waals surface area contributed by atoms with Crippen molar-refractivity contribution in [2.75, 3.05) is 13.7 Å². The second-order valence-corrected chi connectivity index (χ2v) is 4.66. The molecule has 0 aliphatic carbocycles. The Hall–Kier alpha value is -2.30. The van der Waals surface area contributed by atoms with Gasteiger partial charge in [0.25, 0.3) is 5.91 Å². The van der Waals surface area contributed by atoms with Gasteiger partial charge in [0, 0.05) is 7.05 Å². The van der Waals surface area contributed by atoms with Gasteiger partial charge in [-0.2, -0.15) is 0 Å². The van der Waals surface area contributed by atoms with E-state index in [1.807, 2.05) is 24.3 Å². The number of amides is 1. The third-order valence-corrected chi connectivity index (χ3v) is 3.11. The third-order valence-electron chi connectivity index (χ3n) is 3.11. The Bertz CT molecular complexity index is 535. The van der Waals surface area contributed by atoms with E-state index in [0.717, 1.165) is 30.8 Å². The van der Waals surface area contributed by atoms with Crippen molar-refractivity contribution in [3.63, 3.8) is 0 Å². The van der Waals surface area contributed by atoms with Gasteiger partial charge >= 0.3 is 0 Å². The standard InChI is InChI=1S/C15H19N3O2/c1-3-4-9-20-12-7-5-11(6-8-12)10-13-14(19)17-15(16)18(13)2/h5-8,10H,3-4,9H2,1-2H3,(H2,16,17,19)/b13-10-. The molecule has 0 bridgehead atoms. The number of guanidine groups is 1. The third kappa shape index (κ3) is 3.17. The molecule has 1 saturated heterocycles. The Morgan fingerprint density at radius 2 is 2.05 bits per heavy atom. The van der Waals surface area contributed by atoms with Gasteiger partial charge in [-0.25, -0.2) is 0 Å². The lowest BCUT2D eigenvalue weighted by Crippen LogP contribution is -2.25. The maximum absolute atomic E-state index is 11.7. The minimum absolute atomic E-state index is 0.0979. The summed E-state index contributed by atoms with van der Waals surface area (Å²) < 4.78 is 5.59. The first kappa shape index (κ1) is 14.1. The Morgan fingerprint density at radius 3 is 2.60 bits per heavy atom. The van der Waals surface area contributed by atoms with Crippen LogP contribution in [0, 0.1) is 5.41 Å². The molecule has 5 nitrogen and oxygen atoms in total. The van der Waals surface area contributed by atoms with E-state index in [1.165, 1.54) is 4.90 Å². The minimum atomic E-state index is -0.249. The summed E-state index contributed by atoms with van der Waals surface area (Å²) >= 11 is 0. The smallest absolute Gasteiger partial charge is 0.274 e. The largest absolute Gasteiger partial charge is 0.494 e. The topological polar surface area (TPSA) is 65.4 Å². The molecule has 1 fully saturated rings. The number of carbonyl (C=O) groups excluding carboxylic acids is 1. The Labute approximate surface area is 118 Å². The molecular weight excluding hydrogens is 254 g/mol. The van der Waals surface area contributed by atoms with E-state index in [4.69, 9.17) is 10.1 Å². The highest BCUT2D eigenvalue weighted by Gasteiger charge is 2.26. The summed E-state index contributed by atoms with van der Waals surface area (Å²) in [6.07, 6.45) is 3.91. The van der Waals surface area contributed by atoms with Crippen LogP contribution >= 0.6 is 0 Å². The monoisotopic (exact) mass is 273 g/mol. The highest BCUT2D eigenvalue weighted by atomic mass is 16.5. The molecule has 0 atom stereocenters. The quantitative estimate of drug-likeness (QED) is 0.638. The minimum Gasteiger partial charge on any atom is -0.494 e. The number of nitrogens with zero attached hydrogens (tertiary/aromatic N) is 1. The van der Waals surface area contributed by atoms with E-state index in [-0.39, 0.29) is 11.9 Å². The lowest BCUT2D eigenvalue weighted by atomic mass is 10.2. The van der Waals surface area contributed by atoms with Gasteiger partial charge in [0.05, 0.1) is 6.61 Å². The zero-order valence-corrected chi connectivity index (χ0v) is 11.8. The molecule has 0 aromatic heterocycles. The van der Waals surface area contributed by atoms with Gasteiger partial charge in [-0.3, -0.25) is 15.5 Å². The lowest BCUT2D eigenvalue weighted by molar-refractivity contribution is -0.115. The summed E-state index contributed by atoms with van der Waals surface area (Å²) in [5.74, 6) is 0.680. The fraction of sp³-hybridized carbons (Fsp3) is 0.333. The number of benzene rings is 1. The molecule has 0 spiro atoms. The first-order valence-corrected chi connectivity index (χ1v) is 6.70. The van der Waals surface area contributed by atoms with Crippen LogP contribution in [0.25, 0.3) is 6.08 Å². The molecule has 0 radical (unpaired) electrons. The van der Waals surface area contributed by atoms with Crippen LogP contribution in [0.2, 0.25) is 0 Å². The highest BCUT2D eigenvalue weighted by molar-refractivity contribution is 6.14. The van der Waals surface area contributed by atoms with Gasteiger partial charge in [-0.05, 0) is 30.2 Å². The molecule has 106 valence electrons. The molecule has 2 N–H and O–H groups in total. The van der Waals surface area contributed by atoms with Gasteiger partial charge < -0.3 is 9.64 Å². The number of hydrogen-bond donors (Lipinski definition) is 2. The van der Waals surface area contributed by atoms with Gasteiger partial charge in [0.1, 0.15) is 11.4 Å². The van der Waals surface area contributed by atoms with Gasteiger partial charge in [0.2, 0.25) is 5.96 Å². The first-order valence-electron chi connectivity index (χ1n) is 6.70. The van der Waals surface area contributed by atoms with E-state index in [2.05, 4.69) is 12.2 Å². The maximum atomic E-state index is 11.7. The number of nitrogens with one attached hydrogen (secondary N) is 2. The van der Waals surface area contributed by atoms with E-state index < -0.39 is 0 Å². The molecular formula is C15H19N3O2. The number of hydrogen-bond acceptors (Lipinski definition) is 3. The zero-order valence-electron chi connectivity index (χ0n) is 11.8. The summed E-state index contributed by atoms with van der Waals surface area (Å²) in [5, 5.41) is 10.0. The molecule has 1 aromatic carbocycles. The molecule has 0 saturated carbocycles. The predicted octanol–water partition coefficient (Wildman–Crippen LogP) is 2.20. The molecule has 2 rings (SSSR count). The summed E-state index contributed by atoms with van der Waals surface area (Å²) in [6, 6.07) is 7.58. The van der Waals surface area contributed by atoms with E-state index in [9.17, 15) is 4.79 Å². The second-order valence-electron chi connectivity index (χ2n) is 4.66. The van der Waals surface area contributed by atoms with Crippen LogP contribution in [-0.2, 0) is 4.79 Å². The Morgan fingerprint density at radius 1 is 1.35 bits per heavy atom. The van der Waals surface area contributed by atoms with Crippen LogP contribution in [0.3, 0.4) is 0 Å². The van der Waals surface area contributed by atoms with Crippen LogP contribution < -0.4 is 10.1 Å². The summed E-state index contributed by atoms with van der Waals surface area (Å²) in [4.78, 5) is 13.2. The number of unbranched alkanes of at least 4 members (excludes halogenated alkanes) is 1. The van der Waals surface area contributed by atoms with Crippen LogP contribution in [0.15, 0.2) is 30.0 Å². The molecule has 1 amide bonds. The van der Waals surface area contributed by atoms with Gasteiger partial charge in [-0.15, -0.1) is 0 Å². The maximum Gasteiger partial charge on any atom is 0.274 e. The highest BCUT2D eigenvalue weighted by Crippen LogP contribution is 2.17.